The maximum atomic E-state index is 11.9. The second kappa shape index (κ2) is 7.42. The molecule has 0 aliphatic carbocycles. The van der Waals surface area contributed by atoms with E-state index in [4.69, 9.17) is 11.6 Å². The van der Waals surface area contributed by atoms with E-state index >= 15 is 0 Å². The van der Waals surface area contributed by atoms with Gasteiger partial charge in [-0.1, -0.05) is 40.8 Å². The summed E-state index contributed by atoms with van der Waals surface area (Å²) in [7, 11) is 0. The standard InChI is InChI=1S/C13H12ClN3OS2/c1-2-7-19-13-17-16-12(20-13)15-8-11(18)9-3-5-10(14)6-4-9/h2-6H,1,7-8H2,(H,15,16). The number of halogens is 1. The maximum Gasteiger partial charge on any atom is 0.206 e. The number of nitrogens with zero attached hydrogens (tertiary/aromatic N) is 2. The van der Waals surface area contributed by atoms with Gasteiger partial charge in [-0.05, 0) is 24.3 Å². The molecule has 2 rings (SSSR count). The first-order valence-corrected chi connectivity index (χ1v) is 7.97. The maximum absolute atomic E-state index is 11.9. The number of benzene rings is 1. The molecule has 0 bridgehead atoms. The highest BCUT2D eigenvalue weighted by molar-refractivity contribution is 8.01. The first-order chi connectivity index (χ1) is 9.69. The molecule has 4 nitrogen and oxygen atoms in total. The molecular weight excluding hydrogens is 314 g/mol. The molecular formula is C13H12ClN3OS2. The average molecular weight is 326 g/mol. The molecule has 20 heavy (non-hydrogen) atoms. The van der Waals surface area contributed by atoms with Crippen LogP contribution in [0, 0.1) is 0 Å². The van der Waals surface area contributed by atoms with Crippen molar-refractivity contribution >= 4 is 45.6 Å². The van der Waals surface area contributed by atoms with Gasteiger partial charge < -0.3 is 5.32 Å². The van der Waals surface area contributed by atoms with E-state index in [0.29, 0.717) is 15.7 Å². The molecule has 0 spiro atoms. The number of aromatic nitrogens is 2. The number of thioether (sulfide) groups is 1. The van der Waals surface area contributed by atoms with Gasteiger partial charge in [0.05, 0.1) is 6.54 Å². The van der Waals surface area contributed by atoms with Crippen LogP contribution in [0.3, 0.4) is 0 Å². The van der Waals surface area contributed by atoms with E-state index in [1.807, 2.05) is 6.08 Å². The molecule has 1 N–H and O–H groups in total. The molecule has 1 heterocycles. The molecule has 0 aliphatic rings. The van der Waals surface area contributed by atoms with Crippen molar-refractivity contribution in [1.29, 1.82) is 0 Å². The van der Waals surface area contributed by atoms with E-state index in [-0.39, 0.29) is 12.3 Å². The first kappa shape index (κ1) is 15.0. The molecule has 1 aromatic carbocycles. The third kappa shape index (κ3) is 4.33. The van der Waals surface area contributed by atoms with Crippen LogP contribution in [-0.2, 0) is 0 Å². The predicted octanol–water partition coefficient (Wildman–Crippen LogP) is 3.76. The van der Waals surface area contributed by atoms with Crippen molar-refractivity contribution in [3.63, 3.8) is 0 Å². The van der Waals surface area contributed by atoms with Crippen LogP contribution in [-0.4, -0.2) is 28.3 Å². The van der Waals surface area contributed by atoms with Crippen molar-refractivity contribution in [2.45, 2.75) is 4.34 Å². The van der Waals surface area contributed by atoms with Crippen LogP contribution >= 0.6 is 34.7 Å². The van der Waals surface area contributed by atoms with Gasteiger partial charge in [0.2, 0.25) is 5.13 Å². The van der Waals surface area contributed by atoms with Gasteiger partial charge >= 0.3 is 0 Å². The van der Waals surface area contributed by atoms with Gasteiger partial charge in [-0.3, -0.25) is 4.79 Å². The van der Waals surface area contributed by atoms with Crippen LogP contribution in [0.1, 0.15) is 10.4 Å². The Morgan fingerprint density at radius 2 is 2.15 bits per heavy atom. The summed E-state index contributed by atoms with van der Waals surface area (Å²) in [5, 5.41) is 12.2. The van der Waals surface area contributed by atoms with Gasteiger partial charge in [-0.2, -0.15) is 0 Å². The summed E-state index contributed by atoms with van der Waals surface area (Å²) in [5.74, 6) is 0.774. The third-order valence-electron chi connectivity index (χ3n) is 2.30. The van der Waals surface area contributed by atoms with Crippen molar-refractivity contribution < 1.29 is 4.79 Å². The minimum absolute atomic E-state index is 0.0165. The molecule has 0 fully saturated rings. The third-order valence-corrected chi connectivity index (χ3v) is 4.56. The van der Waals surface area contributed by atoms with Crippen LogP contribution < -0.4 is 5.32 Å². The average Bonchev–Trinajstić information content (AvgIpc) is 2.91. The van der Waals surface area contributed by atoms with E-state index < -0.39 is 0 Å². The number of nitrogens with one attached hydrogen (secondary N) is 1. The molecule has 0 aliphatic heterocycles. The number of anilines is 1. The Morgan fingerprint density at radius 1 is 1.40 bits per heavy atom. The van der Waals surface area contributed by atoms with E-state index in [1.165, 1.54) is 11.3 Å². The quantitative estimate of drug-likeness (QED) is 0.477. The van der Waals surface area contributed by atoms with E-state index in [1.54, 1.807) is 36.0 Å². The SMILES string of the molecule is C=CCSc1nnc(NCC(=O)c2ccc(Cl)cc2)s1. The lowest BCUT2D eigenvalue weighted by atomic mass is 10.1. The molecule has 104 valence electrons. The Hall–Kier alpha value is -1.37. The summed E-state index contributed by atoms with van der Waals surface area (Å²) in [4.78, 5) is 11.9. The lowest BCUT2D eigenvalue weighted by Gasteiger charge is -2.01. The number of carbonyl (C=O) groups excluding carboxylic acids is 1. The monoisotopic (exact) mass is 325 g/mol. The molecule has 0 unspecified atom stereocenters. The molecule has 1 aromatic heterocycles. The zero-order valence-corrected chi connectivity index (χ0v) is 12.9. The lowest BCUT2D eigenvalue weighted by molar-refractivity contribution is 0.101. The second-order valence-electron chi connectivity index (χ2n) is 3.76. The summed E-state index contributed by atoms with van der Waals surface area (Å²) < 4.78 is 0.853. The van der Waals surface area contributed by atoms with Crippen molar-refractivity contribution in [1.82, 2.24) is 10.2 Å². The Morgan fingerprint density at radius 3 is 2.85 bits per heavy atom. The van der Waals surface area contributed by atoms with Crippen molar-refractivity contribution in [2.75, 3.05) is 17.6 Å². The first-order valence-electron chi connectivity index (χ1n) is 5.79. The minimum Gasteiger partial charge on any atom is -0.353 e. The summed E-state index contributed by atoms with van der Waals surface area (Å²) >= 11 is 8.76. The zero-order valence-electron chi connectivity index (χ0n) is 10.5. The van der Waals surface area contributed by atoms with Crippen LogP contribution in [0.2, 0.25) is 5.02 Å². The van der Waals surface area contributed by atoms with Crippen molar-refractivity contribution in [3.8, 4) is 0 Å². The molecule has 0 radical (unpaired) electrons. The van der Waals surface area contributed by atoms with Gasteiger partial charge in [0, 0.05) is 16.3 Å². The normalized spacial score (nSPS) is 10.2. The number of carbonyl (C=O) groups is 1. The summed E-state index contributed by atoms with van der Waals surface area (Å²) in [6, 6.07) is 6.81. The van der Waals surface area contributed by atoms with E-state index in [2.05, 4.69) is 22.1 Å². The van der Waals surface area contributed by atoms with Gasteiger partial charge in [-0.15, -0.1) is 16.8 Å². The smallest absolute Gasteiger partial charge is 0.206 e. The van der Waals surface area contributed by atoms with Crippen molar-refractivity contribution in [3.05, 3.63) is 47.5 Å². The fraction of sp³-hybridized carbons (Fsp3) is 0.154. The molecule has 0 saturated heterocycles. The Kier molecular flexibility index (Phi) is 5.58. The number of rotatable bonds is 7. The fourth-order valence-corrected chi connectivity index (χ4v) is 3.00. The van der Waals surface area contributed by atoms with E-state index in [9.17, 15) is 4.79 Å². The van der Waals surface area contributed by atoms with Crippen LogP contribution in [0.25, 0.3) is 0 Å². The van der Waals surface area contributed by atoms with Gasteiger partial charge in [-0.25, -0.2) is 0 Å². The fourth-order valence-electron chi connectivity index (χ4n) is 1.36. The van der Waals surface area contributed by atoms with Crippen molar-refractivity contribution in [2.24, 2.45) is 0 Å². The highest BCUT2D eigenvalue weighted by Crippen LogP contribution is 2.25. The molecule has 0 amide bonds. The Bertz CT molecular complexity index is 598. The summed E-state index contributed by atoms with van der Waals surface area (Å²) in [5.41, 5.74) is 0.618. The van der Waals surface area contributed by atoms with E-state index in [0.717, 1.165) is 10.1 Å². The number of Topliss-reactive ketones (excluding diaryl/α,β-unsaturated/α-hetero) is 1. The molecule has 7 heteroatoms. The molecule has 0 saturated carbocycles. The van der Waals surface area contributed by atoms with Gasteiger partial charge in [0.1, 0.15) is 0 Å². The summed E-state index contributed by atoms with van der Waals surface area (Å²) in [6.45, 7) is 3.83. The highest BCUT2D eigenvalue weighted by atomic mass is 35.5. The van der Waals surface area contributed by atoms with Crippen LogP contribution in [0.15, 0.2) is 41.3 Å². The number of ketones is 1. The Labute approximate surface area is 130 Å². The predicted molar refractivity (Wildman–Crippen MR) is 85.1 cm³/mol. The second-order valence-corrected chi connectivity index (χ2v) is 6.44. The van der Waals surface area contributed by atoms with Crippen LogP contribution in [0.4, 0.5) is 5.13 Å². The summed E-state index contributed by atoms with van der Waals surface area (Å²) in [6.07, 6.45) is 1.81. The topological polar surface area (TPSA) is 54.9 Å². The van der Waals surface area contributed by atoms with Gasteiger partial charge in [0.15, 0.2) is 10.1 Å². The zero-order chi connectivity index (χ0) is 14.4. The number of hydrogen-bond acceptors (Lipinski definition) is 6. The molecule has 0 atom stereocenters. The number of hydrogen-bond donors (Lipinski definition) is 1. The van der Waals surface area contributed by atoms with Crippen LogP contribution in [0.5, 0.6) is 0 Å². The largest absolute Gasteiger partial charge is 0.353 e. The Balaban J connectivity index is 1.88. The lowest BCUT2D eigenvalue weighted by Crippen LogP contribution is -2.13. The van der Waals surface area contributed by atoms with Gasteiger partial charge in [0.25, 0.3) is 0 Å². The molecule has 2 aromatic rings. The minimum atomic E-state index is -0.0165. The highest BCUT2D eigenvalue weighted by Gasteiger charge is 2.08.